The first-order valence-corrected chi connectivity index (χ1v) is 6.52. The molecule has 1 aliphatic carbocycles. The lowest BCUT2D eigenvalue weighted by molar-refractivity contribution is 1.29. The monoisotopic (exact) mass is 224 g/mol. The third kappa shape index (κ3) is 1.94. The summed E-state index contributed by atoms with van der Waals surface area (Å²) in [6.45, 7) is 0. The van der Waals surface area contributed by atoms with E-state index in [0.29, 0.717) is 0 Å². The second kappa shape index (κ2) is 4.23. The van der Waals surface area contributed by atoms with Gasteiger partial charge in [-0.3, -0.25) is 0 Å². The highest BCUT2D eigenvalue weighted by Crippen LogP contribution is 2.35. The van der Waals surface area contributed by atoms with Crippen molar-refractivity contribution in [1.29, 1.82) is 0 Å². The molecule has 0 aromatic heterocycles. The highest BCUT2D eigenvalue weighted by molar-refractivity contribution is 7.52. The van der Waals surface area contributed by atoms with Crippen molar-refractivity contribution in [2.24, 2.45) is 0 Å². The molecule has 2 aromatic rings. The van der Waals surface area contributed by atoms with Crippen molar-refractivity contribution in [3.63, 3.8) is 0 Å². The van der Waals surface area contributed by atoms with Crippen molar-refractivity contribution in [2.45, 2.75) is 6.42 Å². The molecule has 1 atom stereocenters. The van der Waals surface area contributed by atoms with Gasteiger partial charge in [0.2, 0.25) is 0 Å². The Bertz CT molecular complexity index is 526. The molecule has 16 heavy (non-hydrogen) atoms. The van der Waals surface area contributed by atoms with Crippen LogP contribution >= 0.6 is 8.58 Å². The topological polar surface area (TPSA) is 0 Å². The van der Waals surface area contributed by atoms with Gasteiger partial charge in [0.25, 0.3) is 0 Å². The summed E-state index contributed by atoms with van der Waals surface area (Å²) in [5.41, 5.74) is 2.88. The second-order valence-electron chi connectivity index (χ2n) is 4.04. The summed E-state index contributed by atoms with van der Waals surface area (Å²) in [5.74, 6) is 0. The minimum Gasteiger partial charge on any atom is -0.0632 e. The predicted molar refractivity (Wildman–Crippen MR) is 72.5 cm³/mol. The van der Waals surface area contributed by atoms with Crippen LogP contribution in [-0.4, -0.2) is 0 Å². The van der Waals surface area contributed by atoms with Gasteiger partial charge in [-0.05, 0) is 28.2 Å². The Morgan fingerprint density at radius 2 is 1.56 bits per heavy atom. The van der Waals surface area contributed by atoms with Crippen LogP contribution in [0.5, 0.6) is 0 Å². The van der Waals surface area contributed by atoms with Crippen molar-refractivity contribution in [3.8, 4) is 0 Å². The standard InChI is InChI=1S/C15H13P/c1-2-8-14(9-3-1)16-15-10-12-6-4-5-7-13(12)11-15/h1-10,16H,11H2. The van der Waals surface area contributed by atoms with Gasteiger partial charge in [0.15, 0.2) is 0 Å². The van der Waals surface area contributed by atoms with Gasteiger partial charge in [-0.2, -0.15) is 0 Å². The Hall–Kier alpha value is -1.39. The fraction of sp³-hybridized carbons (Fsp3) is 0.0667. The molecule has 0 saturated carbocycles. The van der Waals surface area contributed by atoms with Crippen LogP contribution in [0.2, 0.25) is 0 Å². The Morgan fingerprint density at radius 3 is 2.38 bits per heavy atom. The van der Waals surface area contributed by atoms with Gasteiger partial charge in [-0.15, -0.1) is 0 Å². The van der Waals surface area contributed by atoms with E-state index in [-0.39, 0.29) is 0 Å². The van der Waals surface area contributed by atoms with E-state index in [0.717, 1.165) is 15.0 Å². The van der Waals surface area contributed by atoms with E-state index in [2.05, 4.69) is 60.7 Å². The zero-order valence-corrected chi connectivity index (χ0v) is 9.98. The fourth-order valence-electron chi connectivity index (χ4n) is 2.07. The highest BCUT2D eigenvalue weighted by atomic mass is 31.1. The summed E-state index contributed by atoms with van der Waals surface area (Å²) in [7, 11) is 0.816. The molecule has 1 unspecified atom stereocenters. The molecule has 0 aliphatic heterocycles. The summed E-state index contributed by atoms with van der Waals surface area (Å²) in [6, 6.07) is 19.4. The van der Waals surface area contributed by atoms with Gasteiger partial charge < -0.3 is 0 Å². The minimum atomic E-state index is 0.816. The van der Waals surface area contributed by atoms with Crippen molar-refractivity contribution in [1.82, 2.24) is 0 Å². The number of hydrogen-bond donors (Lipinski definition) is 0. The van der Waals surface area contributed by atoms with Gasteiger partial charge in [0, 0.05) is 0 Å². The van der Waals surface area contributed by atoms with Crippen LogP contribution in [0.3, 0.4) is 0 Å². The van der Waals surface area contributed by atoms with Crippen LogP contribution < -0.4 is 5.30 Å². The number of allylic oxidation sites excluding steroid dienone is 1. The second-order valence-corrected chi connectivity index (χ2v) is 5.51. The van der Waals surface area contributed by atoms with Crippen LogP contribution in [0.4, 0.5) is 0 Å². The molecular formula is C15H13P. The third-order valence-corrected chi connectivity index (χ3v) is 4.11. The van der Waals surface area contributed by atoms with Gasteiger partial charge in [-0.1, -0.05) is 69.3 Å². The van der Waals surface area contributed by atoms with Crippen LogP contribution in [-0.2, 0) is 6.42 Å². The maximum atomic E-state index is 2.35. The van der Waals surface area contributed by atoms with Gasteiger partial charge in [-0.25, -0.2) is 0 Å². The van der Waals surface area contributed by atoms with Crippen LogP contribution in [0.15, 0.2) is 59.9 Å². The number of benzene rings is 2. The molecule has 0 N–H and O–H groups in total. The minimum absolute atomic E-state index is 0.816. The lowest BCUT2D eigenvalue weighted by atomic mass is 10.1. The van der Waals surface area contributed by atoms with E-state index in [1.807, 2.05) is 0 Å². The van der Waals surface area contributed by atoms with Crippen molar-refractivity contribution in [3.05, 3.63) is 71.0 Å². The summed E-state index contributed by atoms with van der Waals surface area (Å²) >= 11 is 0. The Morgan fingerprint density at radius 1 is 0.812 bits per heavy atom. The molecule has 2 aromatic carbocycles. The Balaban J connectivity index is 1.81. The molecule has 0 saturated heterocycles. The molecule has 0 bridgehead atoms. The first kappa shape index (κ1) is 9.81. The fourth-order valence-corrected chi connectivity index (χ4v) is 3.30. The molecule has 0 spiro atoms. The van der Waals surface area contributed by atoms with Crippen molar-refractivity contribution < 1.29 is 0 Å². The largest absolute Gasteiger partial charge is 0.0632 e. The Labute approximate surface area is 97.8 Å². The van der Waals surface area contributed by atoms with E-state index >= 15 is 0 Å². The van der Waals surface area contributed by atoms with E-state index < -0.39 is 0 Å². The zero-order valence-electron chi connectivity index (χ0n) is 8.98. The van der Waals surface area contributed by atoms with Crippen molar-refractivity contribution >= 4 is 20.0 Å². The Kier molecular flexibility index (Phi) is 2.60. The van der Waals surface area contributed by atoms with Crippen LogP contribution in [0.1, 0.15) is 11.1 Å². The first-order chi connectivity index (χ1) is 7.92. The van der Waals surface area contributed by atoms with Crippen LogP contribution in [0, 0.1) is 0 Å². The SMILES string of the molecule is C1=C(Pc2ccccc2)Cc2ccccc21. The number of fused-ring (bicyclic) bond motifs is 1. The molecule has 0 amide bonds. The summed E-state index contributed by atoms with van der Waals surface area (Å²) in [4.78, 5) is 0. The molecule has 3 rings (SSSR count). The van der Waals surface area contributed by atoms with Gasteiger partial charge >= 0.3 is 0 Å². The lowest BCUT2D eigenvalue weighted by Crippen LogP contribution is -1.92. The summed E-state index contributed by atoms with van der Waals surface area (Å²) < 4.78 is 0. The molecule has 0 heterocycles. The van der Waals surface area contributed by atoms with Gasteiger partial charge in [0.05, 0.1) is 0 Å². The quantitative estimate of drug-likeness (QED) is 0.684. The molecule has 0 fully saturated rings. The average Bonchev–Trinajstić information content (AvgIpc) is 2.72. The summed E-state index contributed by atoms with van der Waals surface area (Å²) in [5, 5.41) is 2.98. The third-order valence-electron chi connectivity index (χ3n) is 2.84. The van der Waals surface area contributed by atoms with E-state index in [1.54, 1.807) is 5.31 Å². The molecular weight excluding hydrogens is 211 g/mol. The molecule has 78 valence electrons. The van der Waals surface area contributed by atoms with E-state index in [9.17, 15) is 0 Å². The van der Waals surface area contributed by atoms with Crippen molar-refractivity contribution in [2.75, 3.05) is 0 Å². The summed E-state index contributed by atoms with van der Waals surface area (Å²) in [6.07, 6.45) is 3.48. The predicted octanol–water partition coefficient (Wildman–Crippen LogP) is 3.59. The molecule has 0 nitrogen and oxygen atoms in total. The maximum absolute atomic E-state index is 2.35. The number of hydrogen-bond acceptors (Lipinski definition) is 0. The molecule has 0 radical (unpaired) electrons. The molecule has 1 heteroatoms. The maximum Gasteiger partial charge on any atom is -0.00145 e. The number of rotatable bonds is 2. The van der Waals surface area contributed by atoms with E-state index in [4.69, 9.17) is 0 Å². The van der Waals surface area contributed by atoms with E-state index in [1.165, 1.54) is 16.4 Å². The first-order valence-electron chi connectivity index (χ1n) is 5.52. The smallest absolute Gasteiger partial charge is 0.00145 e. The van der Waals surface area contributed by atoms with Gasteiger partial charge in [0.1, 0.15) is 0 Å². The lowest BCUT2D eigenvalue weighted by Gasteiger charge is -2.02. The van der Waals surface area contributed by atoms with Crippen LogP contribution in [0.25, 0.3) is 6.08 Å². The molecule has 1 aliphatic rings. The highest BCUT2D eigenvalue weighted by Gasteiger charge is 2.11. The zero-order chi connectivity index (χ0) is 10.8. The average molecular weight is 224 g/mol. The normalized spacial score (nSPS) is 14.1.